The number of carbonyl (C=O) groups excluding carboxylic acids is 1. The zero-order valence-corrected chi connectivity index (χ0v) is 7.29. The summed E-state index contributed by atoms with van der Waals surface area (Å²) in [5.41, 5.74) is 0.595. The van der Waals surface area contributed by atoms with Gasteiger partial charge in [-0.3, -0.25) is 0 Å². The van der Waals surface area contributed by atoms with E-state index in [1.165, 1.54) is 0 Å². The lowest BCUT2D eigenvalue weighted by molar-refractivity contribution is -0.133. The van der Waals surface area contributed by atoms with Crippen molar-refractivity contribution in [3.63, 3.8) is 0 Å². The monoisotopic (exact) mass is 248 g/mol. The molecule has 1 rings (SSSR count). The van der Waals surface area contributed by atoms with Crippen LogP contribution in [-0.2, 0) is 9.53 Å². The van der Waals surface area contributed by atoms with E-state index in [-0.39, 0.29) is 5.97 Å². The molecule has 0 aromatic carbocycles. The topological polar surface area (TPSA) is 26.3 Å². The van der Waals surface area contributed by atoms with E-state index in [4.69, 9.17) is 0 Å². The first-order valence-corrected chi connectivity index (χ1v) is 3.73. The maximum atomic E-state index is 10.8. The van der Waals surface area contributed by atoms with Gasteiger partial charge in [0, 0.05) is 0 Å². The van der Waals surface area contributed by atoms with Crippen molar-refractivity contribution >= 4 is 28.6 Å². The maximum Gasteiger partial charge on any atom is 0.343 e. The summed E-state index contributed by atoms with van der Waals surface area (Å²) in [5, 5.41) is 0. The third-order valence-corrected chi connectivity index (χ3v) is 1.21. The third-order valence-electron chi connectivity index (χ3n) is 0.991. The Morgan fingerprint density at radius 1 is 1.70 bits per heavy atom. The zero-order valence-electron chi connectivity index (χ0n) is 5.13. The Morgan fingerprint density at radius 3 is 2.60 bits per heavy atom. The summed E-state index contributed by atoms with van der Waals surface area (Å²) < 4.78 is 5.08. The molecule has 0 heterocycles. The number of rotatable bonds is 2. The third kappa shape index (κ3) is 1.70. The minimum atomic E-state index is -0.332. The minimum absolute atomic E-state index is 0.332. The summed E-state index contributed by atoms with van der Waals surface area (Å²) in [6, 6.07) is 0. The molecule has 0 bridgehead atoms. The summed E-state index contributed by atoms with van der Waals surface area (Å²) in [5.74, 6) is -0.332. The molecular weight excluding hydrogens is 243 g/mol. The van der Waals surface area contributed by atoms with E-state index in [1.54, 1.807) is 18.2 Å². The predicted octanol–water partition coefficient (Wildman–Crippen LogP) is 1.93. The van der Waals surface area contributed by atoms with E-state index >= 15 is 0 Å². The van der Waals surface area contributed by atoms with Gasteiger partial charge in [-0.05, 0) is 41.3 Å². The van der Waals surface area contributed by atoms with Gasteiger partial charge in [0.2, 0.25) is 0 Å². The van der Waals surface area contributed by atoms with E-state index in [1.807, 2.05) is 22.6 Å². The fourth-order valence-corrected chi connectivity index (χ4v) is 0.688. The van der Waals surface area contributed by atoms with Crippen molar-refractivity contribution in [1.82, 2.24) is 0 Å². The number of carbonyl (C=O) groups is 1. The Hall–Kier alpha value is -0.580. The van der Waals surface area contributed by atoms with Crippen molar-refractivity contribution in [2.45, 2.75) is 0 Å². The van der Waals surface area contributed by atoms with Crippen LogP contribution in [0.3, 0.4) is 0 Å². The lowest BCUT2D eigenvalue weighted by atomic mass is 10.1. The van der Waals surface area contributed by atoms with Crippen LogP contribution in [0.25, 0.3) is 0 Å². The highest BCUT2D eigenvalue weighted by Crippen LogP contribution is 2.13. The quantitative estimate of drug-likeness (QED) is 0.424. The molecule has 0 aliphatic heterocycles. The van der Waals surface area contributed by atoms with Crippen LogP contribution < -0.4 is 0 Å². The van der Waals surface area contributed by atoms with Crippen molar-refractivity contribution in [2.75, 3.05) is 0 Å². The first-order valence-electron chi connectivity index (χ1n) is 2.65. The van der Waals surface area contributed by atoms with Crippen molar-refractivity contribution in [2.24, 2.45) is 0 Å². The average molecular weight is 248 g/mol. The molecule has 0 aromatic heterocycles. The van der Waals surface area contributed by atoms with E-state index in [2.05, 4.69) is 11.3 Å². The molecular formula is C7H5IO2. The maximum absolute atomic E-state index is 10.8. The molecule has 10 heavy (non-hydrogen) atoms. The molecule has 0 N–H and O–H groups in total. The van der Waals surface area contributed by atoms with Gasteiger partial charge in [0.15, 0.2) is 3.77 Å². The fourth-order valence-electron chi connectivity index (χ4n) is 0.488. The van der Waals surface area contributed by atoms with Gasteiger partial charge >= 0.3 is 5.97 Å². The fraction of sp³-hybridized carbons (Fsp3) is 0. The van der Waals surface area contributed by atoms with Crippen molar-refractivity contribution < 1.29 is 9.53 Å². The standard InChI is InChI=1S/C7H5IO2/c1-5(8)10-7(9)6-3-2-4-6/h2-4H,1H2. The minimum Gasteiger partial charge on any atom is -0.417 e. The van der Waals surface area contributed by atoms with Crippen LogP contribution >= 0.6 is 22.6 Å². The van der Waals surface area contributed by atoms with Gasteiger partial charge in [0.25, 0.3) is 0 Å². The zero-order chi connectivity index (χ0) is 7.56. The van der Waals surface area contributed by atoms with Crippen LogP contribution in [0.2, 0.25) is 0 Å². The van der Waals surface area contributed by atoms with Gasteiger partial charge in [-0.1, -0.05) is 6.08 Å². The van der Waals surface area contributed by atoms with E-state index < -0.39 is 0 Å². The molecule has 0 spiro atoms. The Morgan fingerprint density at radius 2 is 2.30 bits per heavy atom. The van der Waals surface area contributed by atoms with Crippen LogP contribution in [0.4, 0.5) is 0 Å². The van der Waals surface area contributed by atoms with Gasteiger partial charge in [0.1, 0.15) is 0 Å². The van der Waals surface area contributed by atoms with Crippen LogP contribution in [0.5, 0.6) is 0 Å². The van der Waals surface area contributed by atoms with Gasteiger partial charge in [-0.15, -0.1) is 0 Å². The second kappa shape index (κ2) is 3.01. The smallest absolute Gasteiger partial charge is 0.343 e. The lowest BCUT2D eigenvalue weighted by Crippen LogP contribution is -2.05. The van der Waals surface area contributed by atoms with Gasteiger partial charge in [0.05, 0.1) is 5.57 Å². The first-order chi connectivity index (χ1) is 4.70. The number of allylic oxidation sites excluding steroid dienone is 2. The Labute approximate surface area is 72.4 Å². The molecule has 3 heteroatoms. The Balaban J connectivity index is 2.43. The van der Waals surface area contributed by atoms with Crippen molar-refractivity contribution in [1.29, 1.82) is 0 Å². The molecule has 1 aliphatic carbocycles. The van der Waals surface area contributed by atoms with Gasteiger partial charge in [-0.25, -0.2) is 4.79 Å². The summed E-state index contributed by atoms with van der Waals surface area (Å²) in [6.07, 6.45) is 5.18. The van der Waals surface area contributed by atoms with Crippen LogP contribution in [0, 0.1) is 0 Å². The number of ether oxygens (including phenoxy) is 1. The van der Waals surface area contributed by atoms with Crippen molar-refractivity contribution in [3.05, 3.63) is 34.1 Å². The molecule has 0 amide bonds. The predicted molar refractivity (Wildman–Crippen MR) is 46.5 cm³/mol. The van der Waals surface area contributed by atoms with Crippen LogP contribution in [-0.4, -0.2) is 5.97 Å². The van der Waals surface area contributed by atoms with Crippen LogP contribution in [0.1, 0.15) is 0 Å². The second-order valence-electron chi connectivity index (χ2n) is 1.73. The number of hydrogen-bond donors (Lipinski definition) is 0. The summed E-state index contributed by atoms with van der Waals surface area (Å²) in [7, 11) is 0. The second-order valence-corrected chi connectivity index (χ2v) is 2.93. The normalized spacial score (nSPS) is 13.5. The van der Waals surface area contributed by atoms with Gasteiger partial charge in [-0.2, -0.15) is 0 Å². The first kappa shape index (κ1) is 7.53. The molecule has 0 saturated carbocycles. The van der Waals surface area contributed by atoms with E-state index in [0.29, 0.717) is 9.34 Å². The molecule has 0 aromatic rings. The van der Waals surface area contributed by atoms with Gasteiger partial charge < -0.3 is 4.74 Å². The molecule has 0 radical (unpaired) electrons. The molecule has 0 fully saturated rings. The van der Waals surface area contributed by atoms with Crippen molar-refractivity contribution in [3.8, 4) is 0 Å². The van der Waals surface area contributed by atoms with E-state index in [0.717, 1.165) is 0 Å². The molecule has 0 saturated heterocycles. The summed E-state index contributed by atoms with van der Waals surface area (Å²) >= 11 is 1.84. The molecule has 52 valence electrons. The Bertz CT molecular complexity index is 238. The van der Waals surface area contributed by atoms with E-state index in [9.17, 15) is 4.79 Å². The highest BCUT2D eigenvalue weighted by atomic mass is 127. The average Bonchev–Trinajstić information content (AvgIpc) is 1.55. The Kier molecular flexibility index (Phi) is 2.26. The number of halogens is 1. The highest BCUT2D eigenvalue weighted by Gasteiger charge is 2.10. The largest absolute Gasteiger partial charge is 0.417 e. The number of esters is 1. The molecule has 0 unspecified atom stereocenters. The summed E-state index contributed by atoms with van der Waals surface area (Å²) in [6.45, 7) is 3.43. The molecule has 2 nitrogen and oxygen atoms in total. The van der Waals surface area contributed by atoms with Crippen LogP contribution in [0.15, 0.2) is 34.1 Å². The molecule has 0 atom stereocenters. The lowest BCUT2D eigenvalue weighted by Gasteiger charge is -2.04. The summed E-state index contributed by atoms with van der Waals surface area (Å²) in [4.78, 5) is 10.8. The SMILES string of the molecule is C=C(I)OC(=O)C1=CC=C1. The highest BCUT2D eigenvalue weighted by molar-refractivity contribution is 14.1. The molecule has 1 aliphatic rings. The number of hydrogen-bond acceptors (Lipinski definition) is 2.